The molecule has 3 saturated heterocycles. The molecule has 0 bridgehead atoms. The number of alkyl halides is 3. The summed E-state index contributed by atoms with van der Waals surface area (Å²) in [7, 11) is 1.26. The fourth-order valence-corrected chi connectivity index (χ4v) is 9.89. The molecule has 3 aliphatic rings. The van der Waals surface area contributed by atoms with Crippen molar-refractivity contribution in [1.29, 1.82) is 0 Å². The second-order valence-corrected chi connectivity index (χ2v) is 17.8. The summed E-state index contributed by atoms with van der Waals surface area (Å²) in [4.78, 5) is 73.9. The molecule has 3 aromatic carbocycles. The number of imidazole rings is 2. The summed E-state index contributed by atoms with van der Waals surface area (Å²) in [6.45, 7) is 8.49. The summed E-state index contributed by atoms with van der Waals surface area (Å²) in [6, 6.07) is 15.3. The van der Waals surface area contributed by atoms with Crippen LogP contribution in [0.1, 0.15) is 125 Å². The summed E-state index contributed by atoms with van der Waals surface area (Å²) >= 11 is 0. The zero-order valence-electron chi connectivity index (χ0n) is 37.2. The van der Waals surface area contributed by atoms with Crippen molar-refractivity contribution in [1.82, 2.24) is 35.1 Å². The quantitative estimate of drug-likeness (QED) is 0.0948. The van der Waals surface area contributed by atoms with E-state index >= 15 is 0 Å². The number of rotatable bonds is 12. The third-order valence-electron chi connectivity index (χ3n) is 13.4. The van der Waals surface area contributed by atoms with Gasteiger partial charge < -0.3 is 45.2 Å². The van der Waals surface area contributed by atoms with E-state index < -0.39 is 36.1 Å². The summed E-state index contributed by atoms with van der Waals surface area (Å²) in [5.74, 6) is 0.320. The van der Waals surface area contributed by atoms with Crippen molar-refractivity contribution in [3.63, 3.8) is 0 Å². The van der Waals surface area contributed by atoms with Crippen molar-refractivity contribution in [3.8, 4) is 0 Å². The molecule has 18 heteroatoms. The van der Waals surface area contributed by atoms with E-state index in [2.05, 4.69) is 20.2 Å². The van der Waals surface area contributed by atoms with E-state index in [0.717, 1.165) is 47.1 Å². The molecule has 5 aromatic rings. The minimum absolute atomic E-state index is 0.178. The number of hydrogen-bond donors (Lipinski definition) is 4. The Hall–Kier alpha value is -6.33. The first-order valence-corrected chi connectivity index (χ1v) is 22.4. The molecule has 65 heavy (non-hydrogen) atoms. The molecular weight excluding hydrogens is 844 g/mol. The van der Waals surface area contributed by atoms with Crippen LogP contribution >= 0.6 is 0 Å². The first-order chi connectivity index (χ1) is 31.1. The lowest BCUT2D eigenvalue weighted by Crippen LogP contribution is -2.51. The second-order valence-electron chi connectivity index (χ2n) is 17.8. The number of hydrogen-bond acceptors (Lipinski definition) is 9. The fraction of sp³-hybridized carbons (Fsp3) is 0.489. The summed E-state index contributed by atoms with van der Waals surface area (Å²) in [6.07, 6.45) is -2.30. The molecule has 0 saturated carbocycles. The number of aromatic nitrogens is 4. The monoisotopic (exact) mass is 899 g/mol. The normalized spacial score (nSPS) is 21.6. The Labute approximate surface area is 374 Å². The third-order valence-corrected chi connectivity index (χ3v) is 13.4. The number of nitrogens with two attached hydrogens (primary N) is 1. The highest BCUT2D eigenvalue weighted by Crippen LogP contribution is 2.48. The van der Waals surface area contributed by atoms with Crippen LogP contribution in [0.4, 0.5) is 28.4 Å². The first kappa shape index (κ1) is 45.2. The number of methoxy groups -OCH3 is 1. The number of carbonyl (C=O) groups excluding carboxylic acids is 4. The highest BCUT2D eigenvalue weighted by Gasteiger charge is 2.41. The number of fused-ring (bicyclic) bond motifs is 2. The Bertz CT molecular complexity index is 2560. The molecule has 3 fully saturated rings. The van der Waals surface area contributed by atoms with Crippen LogP contribution in [0.15, 0.2) is 60.7 Å². The van der Waals surface area contributed by atoms with Crippen LogP contribution in [-0.4, -0.2) is 86.1 Å². The number of amides is 4. The molecular formula is C47H56F3N9O6. The molecule has 0 spiro atoms. The minimum atomic E-state index is -4.49. The molecule has 346 valence electrons. The van der Waals surface area contributed by atoms with Crippen LogP contribution in [0.25, 0.3) is 22.1 Å². The zero-order valence-corrected chi connectivity index (χ0v) is 37.2. The lowest BCUT2D eigenvalue weighted by atomic mass is 10.00. The molecule has 7 atom stereocenters. The summed E-state index contributed by atoms with van der Waals surface area (Å²) < 4.78 is 51.5. The topological polar surface area (TPSA) is 192 Å². The Morgan fingerprint density at radius 1 is 0.785 bits per heavy atom. The first-order valence-electron chi connectivity index (χ1n) is 22.4. The van der Waals surface area contributed by atoms with Crippen LogP contribution in [0.5, 0.6) is 0 Å². The number of anilines is 1. The van der Waals surface area contributed by atoms with Gasteiger partial charge in [-0.3, -0.25) is 9.59 Å². The van der Waals surface area contributed by atoms with Gasteiger partial charge in [-0.2, -0.15) is 13.2 Å². The maximum atomic E-state index is 13.8. The number of alkyl carbamates (subject to hydrolysis) is 1. The highest BCUT2D eigenvalue weighted by molar-refractivity contribution is 5.87. The van der Waals surface area contributed by atoms with Gasteiger partial charge in [0.15, 0.2) is 6.10 Å². The molecule has 15 nitrogen and oxygen atoms in total. The number of ether oxygens (including phenoxy) is 2. The molecule has 2 aromatic heterocycles. The van der Waals surface area contributed by atoms with Crippen molar-refractivity contribution in [2.24, 2.45) is 17.6 Å². The van der Waals surface area contributed by atoms with E-state index in [9.17, 15) is 32.3 Å². The van der Waals surface area contributed by atoms with Crippen LogP contribution in [0.2, 0.25) is 0 Å². The number of nitrogens with zero attached hydrogens (tertiary/aromatic N) is 5. The van der Waals surface area contributed by atoms with Gasteiger partial charge in [-0.05, 0) is 111 Å². The highest BCUT2D eigenvalue weighted by atomic mass is 19.4. The van der Waals surface area contributed by atoms with Gasteiger partial charge in [-0.15, -0.1) is 0 Å². The molecule has 5 N–H and O–H groups in total. The van der Waals surface area contributed by atoms with Gasteiger partial charge in [-0.25, -0.2) is 19.6 Å². The smallest absolute Gasteiger partial charge is 0.416 e. The van der Waals surface area contributed by atoms with Crippen LogP contribution in [0, 0.1) is 11.8 Å². The van der Waals surface area contributed by atoms with Gasteiger partial charge in [0.25, 0.3) is 5.91 Å². The lowest BCUT2D eigenvalue weighted by Gasteiger charge is -2.33. The Morgan fingerprint density at radius 3 is 1.77 bits per heavy atom. The molecule has 0 aliphatic carbocycles. The van der Waals surface area contributed by atoms with Crippen molar-refractivity contribution >= 4 is 51.8 Å². The number of aromatic amines is 2. The van der Waals surface area contributed by atoms with Gasteiger partial charge in [0.2, 0.25) is 5.91 Å². The number of carbonyl (C=O) groups is 4. The largest absolute Gasteiger partial charge is 0.453 e. The number of nitrogens with one attached hydrogen (secondary N) is 3. The standard InChI is InChI=1S/C47H56F3N9O6/c1-6-26(4)40(65-45(51)62)44(61)58-22-8-10-38(58)42-53-32-18-12-28(24-34(32)55-42)36-20-19-35(59(36)30-15-13-29(14-16-30)47(48,49)50)27-11-17-31-33(23-27)54-41(52-31)37-9-7-21-57(37)43(60)39(25(2)3)56-46(63)64-5/h11-18,23-26,35-40H,6-10,19-22H2,1-5H3,(H2,51,62)(H,52,54)(H,53,55)(H,56,63)/t26?,35-,36-,37+,38+,39+,40+/m1/s1. The van der Waals surface area contributed by atoms with Crippen LogP contribution < -0.4 is 16.0 Å². The molecule has 5 heterocycles. The fourth-order valence-electron chi connectivity index (χ4n) is 9.89. The minimum Gasteiger partial charge on any atom is -0.453 e. The summed E-state index contributed by atoms with van der Waals surface area (Å²) in [5.41, 5.74) is 10.1. The lowest BCUT2D eigenvalue weighted by molar-refractivity contribution is -0.144. The molecule has 1 unspecified atom stereocenters. The maximum absolute atomic E-state index is 13.8. The van der Waals surface area contributed by atoms with Gasteiger partial charge >= 0.3 is 18.4 Å². The number of H-pyrrole nitrogens is 2. The Morgan fingerprint density at radius 2 is 1.31 bits per heavy atom. The zero-order chi connectivity index (χ0) is 46.3. The second kappa shape index (κ2) is 18.3. The number of halogens is 3. The third kappa shape index (κ3) is 9.03. The number of likely N-dealkylation sites (tertiary alicyclic amines) is 2. The van der Waals surface area contributed by atoms with Gasteiger partial charge in [0.1, 0.15) is 17.7 Å². The van der Waals surface area contributed by atoms with Gasteiger partial charge in [0, 0.05) is 24.7 Å². The van der Waals surface area contributed by atoms with Crippen molar-refractivity contribution in [3.05, 3.63) is 89.0 Å². The predicted molar refractivity (Wildman–Crippen MR) is 236 cm³/mol. The molecule has 0 radical (unpaired) electrons. The molecule has 4 amide bonds. The van der Waals surface area contributed by atoms with E-state index in [1.165, 1.54) is 19.2 Å². The van der Waals surface area contributed by atoms with E-state index in [0.29, 0.717) is 73.6 Å². The van der Waals surface area contributed by atoms with Crippen molar-refractivity contribution in [2.45, 2.75) is 115 Å². The number of benzene rings is 3. The molecule has 3 aliphatic heterocycles. The maximum Gasteiger partial charge on any atom is 0.416 e. The van der Waals surface area contributed by atoms with E-state index in [1.807, 2.05) is 64.1 Å². The molecule has 8 rings (SSSR count). The van der Waals surface area contributed by atoms with E-state index in [1.54, 1.807) is 9.80 Å². The van der Waals surface area contributed by atoms with E-state index in [-0.39, 0.29) is 47.8 Å². The van der Waals surface area contributed by atoms with Crippen LogP contribution in [-0.2, 0) is 25.2 Å². The van der Waals surface area contributed by atoms with Gasteiger partial charge in [0.05, 0.1) is 58.9 Å². The summed E-state index contributed by atoms with van der Waals surface area (Å²) in [5, 5.41) is 2.69. The Kier molecular flexibility index (Phi) is 12.7. The predicted octanol–water partition coefficient (Wildman–Crippen LogP) is 8.76. The van der Waals surface area contributed by atoms with Crippen LogP contribution in [0.3, 0.4) is 0 Å². The van der Waals surface area contributed by atoms with Crippen molar-refractivity contribution in [2.75, 3.05) is 25.1 Å². The number of primary amides is 1. The average Bonchev–Trinajstić information content (AvgIpc) is 4.14. The van der Waals surface area contributed by atoms with Gasteiger partial charge in [-0.1, -0.05) is 39.8 Å². The van der Waals surface area contributed by atoms with Crippen molar-refractivity contribution < 1.29 is 41.8 Å². The Balaban J connectivity index is 1.09. The van der Waals surface area contributed by atoms with E-state index in [4.69, 9.17) is 25.2 Å². The average molecular weight is 900 g/mol. The SMILES string of the molecule is CCC(C)[C@H](OC(N)=O)C(=O)N1CCC[C@H]1c1nc2ccc([C@H]3CC[C@H](c4ccc5nc([C@@H]6CCCN6C(=O)[C@@H](NC(=O)OC)C(C)C)[nH]c5c4)N3c3ccc(C(F)(F)F)cc3)cc2[nH]1.